The van der Waals surface area contributed by atoms with E-state index in [1.165, 1.54) is 0 Å². The van der Waals surface area contributed by atoms with Crippen molar-refractivity contribution in [1.29, 1.82) is 0 Å². The molecule has 1 rings (SSSR count). The minimum Gasteiger partial charge on any atom is -0.0622 e. The van der Waals surface area contributed by atoms with Gasteiger partial charge in [0.05, 0.1) is 0 Å². The first-order chi connectivity index (χ1) is 4.61. The number of aryl methyl sites for hydroxylation is 1. The molecule has 1 aromatic rings. The molecule has 0 bridgehead atoms. The van der Waals surface area contributed by atoms with Crippen LogP contribution in [-0.4, -0.2) is 0 Å². The number of hydrogen-bond donors (Lipinski definition) is 0. The predicted octanol–water partition coefficient (Wildman–Crippen LogP) is 2.00. The van der Waals surface area contributed by atoms with Gasteiger partial charge in [-0.3, -0.25) is 0 Å². The normalized spacial score (nSPS) is 16.9. The quantitative estimate of drug-likeness (QED) is 0.462. The first-order valence-corrected chi connectivity index (χ1v) is 2.16. The zero-order valence-corrected chi connectivity index (χ0v) is 3.89. The smallest absolute Gasteiger partial charge is 0.0280 e. The lowest BCUT2D eigenvalue weighted by atomic mass is 10.2. The Morgan fingerprint density at radius 3 is 2.43 bits per heavy atom. The molecular formula is C7H8. The summed E-state index contributed by atoms with van der Waals surface area (Å²) in [5.41, 5.74) is 0.398. The maximum absolute atomic E-state index is 7.01. The van der Waals surface area contributed by atoms with Crippen molar-refractivity contribution in [2.75, 3.05) is 0 Å². The number of hydrogen-bond acceptors (Lipinski definition) is 0. The zero-order valence-electron chi connectivity index (χ0n) is 6.89. The second-order valence-electron chi connectivity index (χ2n) is 1.37. The Labute approximate surface area is 48.0 Å². The molecule has 0 fully saturated rings. The maximum Gasteiger partial charge on any atom is 0.0280 e. The highest BCUT2D eigenvalue weighted by Gasteiger charge is 1.72. The maximum atomic E-state index is 7.01. The molecule has 0 heterocycles. The molecule has 0 N–H and O–H groups in total. The lowest BCUT2D eigenvalue weighted by molar-refractivity contribution is 1.48. The van der Waals surface area contributed by atoms with Crippen LogP contribution in [0.25, 0.3) is 0 Å². The SMILES string of the molecule is [2H]C([2H])([2H])c1ccccc1. The van der Waals surface area contributed by atoms with Crippen LogP contribution in [0.4, 0.5) is 0 Å². The van der Waals surface area contributed by atoms with E-state index >= 15 is 0 Å². The summed E-state index contributed by atoms with van der Waals surface area (Å²) in [7, 11) is 0. The fourth-order valence-electron chi connectivity index (χ4n) is 0.438. The molecule has 0 aliphatic carbocycles. The monoisotopic (exact) mass is 95.1 g/mol. The summed E-state index contributed by atoms with van der Waals surface area (Å²) in [4.78, 5) is 0. The van der Waals surface area contributed by atoms with Gasteiger partial charge < -0.3 is 0 Å². The summed E-state index contributed by atoms with van der Waals surface area (Å²) in [5, 5.41) is 0. The third-order valence-electron chi connectivity index (χ3n) is 0.774. The van der Waals surface area contributed by atoms with Crippen molar-refractivity contribution in [3.05, 3.63) is 35.9 Å². The van der Waals surface area contributed by atoms with E-state index < -0.39 is 6.85 Å². The average Bonchev–Trinajstić information content (AvgIpc) is 1.88. The molecule has 0 amide bonds. The van der Waals surface area contributed by atoms with Crippen LogP contribution >= 0.6 is 0 Å². The molecule has 36 valence electrons. The summed E-state index contributed by atoms with van der Waals surface area (Å²) in [5.74, 6) is 0. The van der Waals surface area contributed by atoms with Gasteiger partial charge >= 0.3 is 0 Å². The minimum absolute atomic E-state index is 0.398. The van der Waals surface area contributed by atoms with Crippen LogP contribution in [0.3, 0.4) is 0 Å². The summed E-state index contributed by atoms with van der Waals surface area (Å²) < 4.78 is 21.0. The van der Waals surface area contributed by atoms with Crippen LogP contribution in [0.2, 0.25) is 0 Å². The number of rotatable bonds is 0. The Morgan fingerprint density at radius 2 is 2.00 bits per heavy atom. The molecule has 0 aliphatic rings. The van der Waals surface area contributed by atoms with E-state index in [1.807, 2.05) is 0 Å². The summed E-state index contributed by atoms with van der Waals surface area (Å²) in [6.07, 6.45) is 0. The molecule has 0 radical (unpaired) electrons. The molecule has 0 saturated carbocycles. The van der Waals surface area contributed by atoms with Crippen LogP contribution in [0.1, 0.15) is 9.68 Å². The highest BCUT2D eigenvalue weighted by Crippen LogP contribution is 1.92. The van der Waals surface area contributed by atoms with Gasteiger partial charge in [0, 0.05) is 4.11 Å². The molecule has 0 spiro atoms. The van der Waals surface area contributed by atoms with Gasteiger partial charge in [0.15, 0.2) is 0 Å². The second-order valence-corrected chi connectivity index (χ2v) is 1.37. The van der Waals surface area contributed by atoms with E-state index in [9.17, 15) is 0 Å². The molecule has 0 heteroatoms. The van der Waals surface area contributed by atoms with E-state index in [4.69, 9.17) is 4.11 Å². The molecule has 0 unspecified atom stereocenters. The largest absolute Gasteiger partial charge is 0.0622 e. The molecule has 0 aliphatic heterocycles. The Bertz CT molecular complexity index is 200. The van der Waals surface area contributed by atoms with E-state index in [2.05, 4.69) is 0 Å². The lowest BCUT2D eigenvalue weighted by Crippen LogP contribution is -1.62. The van der Waals surface area contributed by atoms with Gasteiger partial charge in [0.25, 0.3) is 0 Å². The average molecular weight is 95.2 g/mol. The van der Waals surface area contributed by atoms with Crippen LogP contribution in [0.15, 0.2) is 30.3 Å². The second kappa shape index (κ2) is 1.78. The molecule has 0 saturated heterocycles. The predicted molar refractivity (Wildman–Crippen MR) is 31.2 cm³/mol. The topological polar surface area (TPSA) is 0 Å². The van der Waals surface area contributed by atoms with Crippen molar-refractivity contribution in [3.63, 3.8) is 0 Å². The Kier molecular flexibility index (Phi) is 0.508. The molecule has 0 aromatic heterocycles. The van der Waals surface area contributed by atoms with E-state index in [1.54, 1.807) is 30.3 Å². The highest BCUT2D eigenvalue weighted by atomic mass is 13.8. The van der Waals surface area contributed by atoms with Gasteiger partial charge in [0.2, 0.25) is 0 Å². The third kappa shape index (κ3) is 1.04. The van der Waals surface area contributed by atoms with Gasteiger partial charge in [-0.2, -0.15) is 0 Å². The molecule has 0 atom stereocenters. The van der Waals surface area contributed by atoms with Crippen molar-refractivity contribution in [3.8, 4) is 0 Å². The van der Waals surface area contributed by atoms with Crippen molar-refractivity contribution in [2.45, 2.75) is 6.85 Å². The van der Waals surface area contributed by atoms with Crippen LogP contribution in [-0.2, 0) is 0 Å². The molecule has 0 nitrogen and oxygen atoms in total. The van der Waals surface area contributed by atoms with E-state index in [0.29, 0.717) is 5.56 Å². The highest BCUT2D eigenvalue weighted by molar-refractivity contribution is 5.11. The first kappa shape index (κ1) is 1.99. The first-order valence-electron chi connectivity index (χ1n) is 3.66. The van der Waals surface area contributed by atoms with Crippen LogP contribution in [0.5, 0.6) is 0 Å². The van der Waals surface area contributed by atoms with Crippen LogP contribution in [0, 0.1) is 6.85 Å². The minimum atomic E-state index is -1.96. The lowest BCUT2D eigenvalue weighted by Gasteiger charge is -1.82. The van der Waals surface area contributed by atoms with Crippen molar-refractivity contribution < 1.29 is 4.11 Å². The van der Waals surface area contributed by atoms with E-state index in [-0.39, 0.29) is 0 Å². The Morgan fingerprint density at radius 1 is 1.29 bits per heavy atom. The van der Waals surface area contributed by atoms with E-state index in [0.717, 1.165) is 0 Å². The third-order valence-corrected chi connectivity index (χ3v) is 0.774. The fourth-order valence-corrected chi connectivity index (χ4v) is 0.438. The van der Waals surface area contributed by atoms with Crippen molar-refractivity contribution in [2.24, 2.45) is 0 Å². The van der Waals surface area contributed by atoms with Gasteiger partial charge in [-0.1, -0.05) is 35.9 Å². The van der Waals surface area contributed by atoms with Gasteiger partial charge in [-0.25, -0.2) is 0 Å². The molecule has 7 heavy (non-hydrogen) atoms. The van der Waals surface area contributed by atoms with Gasteiger partial charge in [0.1, 0.15) is 0 Å². The number of benzene rings is 1. The standard InChI is InChI=1S/C7H8/c1-7-5-3-2-4-6-7/h2-6H,1H3/i1D3. The van der Waals surface area contributed by atoms with Crippen LogP contribution < -0.4 is 0 Å². The van der Waals surface area contributed by atoms with Gasteiger partial charge in [-0.15, -0.1) is 0 Å². The fraction of sp³-hybridized carbons (Fsp3) is 0.143. The van der Waals surface area contributed by atoms with Gasteiger partial charge in [-0.05, 0) is 6.85 Å². The summed E-state index contributed by atoms with van der Waals surface area (Å²) in [6.45, 7) is -1.96. The Balaban J connectivity index is 2.97. The zero-order chi connectivity index (χ0) is 7.61. The summed E-state index contributed by atoms with van der Waals surface area (Å²) >= 11 is 0. The Hall–Kier alpha value is -0.780. The summed E-state index contributed by atoms with van der Waals surface area (Å²) in [6, 6.07) is 8.46. The molecule has 1 aromatic carbocycles. The molecular weight excluding hydrogens is 84.1 g/mol. The van der Waals surface area contributed by atoms with Crippen molar-refractivity contribution in [1.82, 2.24) is 0 Å². The van der Waals surface area contributed by atoms with Crippen molar-refractivity contribution >= 4 is 0 Å².